The van der Waals surface area contributed by atoms with E-state index in [-0.39, 0.29) is 35.3 Å². The molecule has 1 spiro atoms. The Balaban J connectivity index is 1.26. The van der Waals surface area contributed by atoms with Crippen LogP contribution in [0, 0.1) is 23.7 Å². The largest absolute Gasteiger partial charge is 0.490 e. The van der Waals surface area contributed by atoms with Crippen molar-refractivity contribution in [2.24, 2.45) is 28.0 Å². The topological polar surface area (TPSA) is 127 Å². The lowest BCUT2D eigenvalue weighted by molar-refractivity contribution is -0.122. The van der Waals surface area contributed by atoms with Crippen molar-refractivity contribution in [2.75, 3.05) is 57.7 Å². The number of amides is 3. The van der Waals surface area contributed by atoms with Gasteiger partial charge in [0.2, 0.25) is 5.91 Å². The summed E-state index contributed by atoms with van der Waals surface area (Å²) in [6, 6.07) is 11.5. The lowest BCUT2D eigenvalue weighted by Crippen LogP contribution is -2.49. The fourth-order valence-corrected chi connectivity index (χ4v) is 11.0. The van der Waals surface area contributed by atoms with E-state index in [0.717, 1.165) is 49.4 Å². The molecule has 2 aliphatic carbocycles. The van der Waals surface area contributed by atoms with E-state index in [4.69, 9.17) is 25.8 Å². The second kappa shape index (κ2) is 15.0. The summed E-state index contributed by atoms with van der Waals surface area (Å²) in [6.07, 6.45) is 9.63. The molecule has 7 rings (SSSR count). The molecule has 13 heteroatoms. The summed E-state index contributed by atoms with van der Waals surface area (Å²) in [5, 5.41) is 0.732. The average Bonchev–Trinajstić information content (AvgIpc) is 3.56. The fourth-order valence-electron chi connectivity index (χ4n) is 8.88. The van der Waals surface area contributed by atoms with Crippen LogP contribution in [0.5, 0.6) is 5.75 Å². The number of carbonyl (C=O) groups is 3. The highest BCUT2D eigenvalue weighted by Gasteiger charge is 2.44. The lowest BCUT2D eigenvalue weighted by atomic mass is 9.68. The minimum Gasteiger partial charge on any atom is -0.490 e. The number of hydrogen-bond acceptors (Lipinski definition) is 8. The summed E-state index contributed by atoms with van der Waals surface area (Å²) in [6.45, 7) is 4.38. The van der Waals surface area contributed by atoms with Crippen LogP contribution in [-0.2, 0) is 36.0 Å². The highest BCUT2D eigenvalue weighted by atomic mass is 35.5. The third-order valence-corrected chi connectivity index (χ3v) is 14.0. The Bertz CT molecular complexity index is 1880. The SMILES string of the molecule is COC(=O)N1CC[C@@H](C(=O)NS2(=O)=NC(=O)c3ccc4c(c3)N(C[C@@H]3CC[C@H]3[C@@H](OC)/C=C\C[C@H](C)C2)C[C@@]2(CCCc3cc(Cl)ccc32)CO4)C1. The predicted octanol–water partition coefficient (Wildman–Crippen LogP) is 6.18. The Kier molecular flexibility index (Phi) is 10.6. The molecule has 3 aliphatic heterocycles. The van der Waals surface area contributed by atoms with Crippen molar-refractivity contribution in [1.82, 2.24) is 9.62 Å². The average molecular weight is 753 g/mol. The van der Waals surface area contributed by atoms with Gasteiger partial charge in [0, 0.05) is 49.3 Å². The van der Waals surface area contributed by atoms with E-state index in [1.54, 1.807) is 13.2 Å². The third kappa shape index (κ3) is 7.43. The summed E-state index contributed by atoms with van der Waals surface area (Å²) < 4.78 is 39.0. The summed E-state index contributed by atoms with van der Waals surface area (Å²) >= 11 is 6.45. The first kappa shape index (κ1) is 36.7. The molecule has 1 saturated carbocycles. The van der Waals surface area contributed by atoms with E-state index in [1.807, 2.05) is 25.1 Å². The molecule has 1 saturated heterocycles. The number of rotatable bonds is 3. The van der Waals surface area contributed by atoms with Gasteiger partial charge in [0.25, 0.3) is 5.91 Å². The van der Waals surface area contributed by atoms with Gasteiger partial charge in [-0.15, -0.1) is 4.36 Å². The van der Waals surface area contributed by atoms with Gasteiger partial charge in [0.15, 0.2) is 0 Å². The second-order valence-corrected chi connectivity index (χ2v) is 17.8. The first-order valence-electron chi connectivity index (χ1n) is 18.4. The molecule has 2 fully saturated rings. The number of halogens is 1. The zero-order chi connectivity index (χ0) is 36.6. The number of nitrogens with zero attached hydrogens (tertiary/aromatic N) is 3. The van der Waals surface area contributed by atoms with Crippen LogP contribution in [0.3, 0.4) is 0 Å². The standard InChI is InChI=1S/C39H49ClN4O7S/c1-25-6-4-8-34(49-2)31-12-9-28(31)20-44-23-39(16-5-7-26-18-30(40)11-13-32(26)39)24-51-35-14-10-27(19-33(35)44)36(45)41-52(48,22-25)42-37(46)29-15-17-43(21-29)38(47)50-3/h4,8,10-11,13-14,18-19,25,28-29,31,34H,5-7,9,12,15-17,20-24H2,1-3H3,(H,41,42,45,46,48)/b8-4-/t25-,28-,29+,31+,34-,39-,52?/m0/s1. The van der Waals surface area contributed by atoms with Crippen LogP contribution >= 0.6 is 11.6 Å². The van der Waals surface area contributed by atoms with Gasteiger partial charge in [-0.05, 0) is 104 Å². The molecule has 11 nitrogen and oxygen atoms in total. The van der Waals surface area contributed by atoms with Crippen LogP contribution < -0.4 is 14.4 Å². The number of fused-ring (bicyclic) bond motifs is 4. The monoisotopic (exact) mass is 752 g/mol. The molecule has 1 unspecified atom stereocenters. The normalized spacial score (nSPS) is 32.3. The Morgan fingerprint density at radius 2 is 1.96 bits per heavy atom. The van der Waals surface area contributed by atoms with Gasteiger partial charge >= 0.3 is 6.09 Å². The number of methoxy groups -OCH3 is 2. The molecule has 0 aromatic heterocycles. The molecule has 1 N–H and O–H groups in total. The molecule has 280 valence electrons. The number of aryl methyl sites for hydroxylation is 1. The second-order valence-electron chi connectivity index (χ2n) is 15.3. The van der Waals surface area contributed by atoms with Gasteiger partial charge in [-0.1, -0.05) is 36.7 Å². The maximum Gasteiger partial charge on any atom is 0.409 e. The van der Waals surface area contributed by atoms with Crippen LogP contribution in [0.25, 0.3) is 0 Å². The fraction of sp³-hybridized carbons (Fsp3) is 0.564. The van der Waals surface area contributed by atoms with Gasteiger partial charge in [-0.25, -0.2) is 9.00 Å². The van der Waals surface area contributed by atoms with Crippen molar-refractivity contribution >= 4 is 45.1 Å². The van der Waals surface area contributed by atoms with Gasteiger partial charge in [-0.2, -0.15) is 0 Å². The number of likely N-dealkylation sites (tertiary alicyclic amines) is 1. The molecule has 7 atom stereocenters. The smallest absolute Gasteiger partial charge is 0.409 e. The molecule has 52 heavy (non-hydrogen) atoms. The maximum atomic E-state index is 14.6. The van der Waals surface area contributed by atoms with Gasteiger partial charge < -0.3 is 24.0 Å². The molecule has 2 aromatic carbocycles. The van der Waals surface area contributed by atoms with Crippen LogP contribution in [0.1, 0.15) is 66.9 Å². The Morgan fingerprint density at radius 1 is 1.12 bits per heavy atom. The number of benzene rings is 2. The molecule has 5 aliphatic rings. The molecule has 3 heterocycles. The number of carbonyl (C=O) groups excluding carboxylic acids is 3. The van der Waals surface area contributed by atoms with Crippen molar-refractivity contribution < 1.29 is 32.8 Å². The zero-order valence-corrected chi connectivity index (χ0v) is 31.8. The van der Waals surface area contributed by atoms with Crippen molar-refractivity contribution in [3.8, 4) is 5.75 Å². The summed E-state index contributed by atoms with van der Waals surface area (Å²) in [5.41, 5.74) is 3.33. The summed E-state index contributed by atoms with van der Waals surface area (Å²) in [5.74, 6) is -0.554. The van der Waals surface area contributed by atoms with Gasteiger partial charge in [0.1, 0.15) is 15.7 Å². The van der Waals surface area contributed by atoms with E-state index in [2.05, 4.69) is 38.3 Å². The first-order valence-corrected chi connectivity index (χ1v) is 20.5. The number of ether oxygens (including phenoxy) is 3. The van der Waals surface area contributed by atoms with E-state index in [9.17, 15) is 18.6 Å². The van der Waals surface area contributed by atoms with Crippen LogP contribution in [0.15, 0.2) is 52.9 Å². The summed E-state index contributed by atoms with van der Waals surface area (Å²) in [7, 11) is -0.505. The van der Waals surface area contributed by atoms with Crippen LogP contribution in [0.2, 0.25) is 5.02 Å². The first-order chi connectivity index (χ1) is 25.0. The number of allylic oxidation sites excluding steroid dienone is 1. The van der Waals surface area contributed by atoms with Crippen molar-refractivity contribution in [2.45, 2.75) is 63.4 Å². The van der Waals surface area contributed by atoms with Gasteiger partial charge in [-0.3, -0.25) is 14.3 Å². The van der Waals surface area contributed by atoms with E-state index in [0.29, 0.717) is 50.1 Å². The van der Waals surface area contributed by atoms with Crippen molar-refractivity contribution in [1.29, 1.82) is 0 Å². The number of nitrogens with one attached hydrogen (secondary N) is 1. The number of hydrogen-bond donors (Lipinski definition) is 1. The van der Waals surface area contributed by atoms with E-state index >= 15 is 0 Å². The summed E-state index contributed by atoms with van der Waals surface area (Å²) in [4.78, 5) is 43.4. The minimum absolute atomic E-state index is 0.0158. The number of anilines is 1. The predicted molar refractivity (Wildman–Crippen MR) is 200 cm³/mol. The highest BCUT2D eigenvalue weighted by molar-refractivity contribution is 7.92. The minimum atomic E-state index is -3.55. The highest BCUT2D eigenvalue weighted by Crippen LogP contribution is 2.47. The van der Waals surface area contributed by atoms with Crippen molar-refractivity contribution in [3.05, 3.63) is 70.3 Å². The van der Waals surface area contributed by atoms with Crippen LogP contribution in [-0.4, -0.2) is 85.9 Å². The van der Waals surface area contributed by atoms with E-state index in [1.165, 1.54) is 23.1 Å². The Hall–Kier alpha value is -3.61. The Labute approximate surface area is 311 Å². The molecular formula is C39H49ClN4O7S. The van der Waals surface area contributed by atoms with Gasteiger partial charge in [0.05, 0.1) is 37.2 Å². The van der Waals surface area contributed by atoms with E-state index < -0.39 is 33.7 Å². The third-order valence-electron chi connectivity index (χ3n) is 11.8. The lowest BCUT2D eigenvalue weighted by Gasteiger charge is -2.46. The molecule has 0 radical (unpaired) electrons. The molecule has 2 aromatic rings. The van der Waals surface area contributed by atoms with Crippen molar-refractivity contribution in [3.63, 3.8) is 0 Å². The molecular weight excluding hydrogens is 704 g/mol. The zero-order valence-electron chi connectivity index (χ0n) is 30.2. The molecule has 3 amide bonds. The molecule has 2 bridgehead atoms. The quantitative estimate of drug-likeness (QED) is 0.369. The van der Waals surface area contributed by atoms with Crippen LogP contribution in [0.4, 0.5) is 10.5 Å². The maximum absolute atomic E-state index is 14.6. The Morgan fingerprint density at radius 3 is 2.73 bits per heavy atom.